The maximum Gasteiger partial charge on any atom is 0.192 e. The summed E-state index contributed by atoms with van der Waals surface area (Å²) in [6.45, 7) is 11.2. The van der Waals surface area contributed by atoms with E-state index in [-0.39, 0.29) is 17.2 Å². The number of nitrogens with zero attached hydrogens (tertiary/aromatic N) is 3. The third kappa shape index (κ3) is 6.38. The average molecular weight is 394 g/mol. The number of benzene rings is 2. The van der Waals surface area contributed by atoms with Crippen LogP contribution in [0.1, 0.15) is 44.4 Å². The molecular formula is C23H31N3OSi. The summed E-state index contributed by atoms with van der Waals surface area (Å²) in [6, 6.07) is 20.0. The first-order chi connectivity index (χ1) is 13.2. The molecule has 0 aliphatic heterocycles. The molecule has 0 aliphatic carbocycles. The normalized spacial score (nSPS) is 14.5. The molecule has 0 aliphatic rings. The lowest BCUT2D eigenvalue weighted by molar-refractivity contribution is 0.170. The fraction of sp³-hybridized carbons (Fsp3) is 0.391. The molecule has 0 spiro atoms. The van der Waals surface area contributed by atoms with Crippen LogP contribution in [-0.2, 0) is 4.43 Å². The van der Waals surface area contributed by atoms with Crippen molar-refractivity contribution in [3.63, 3.8) is 0 Å². The molecule has 0 saturated heterocycles. The van der Waals surface area contributed by atoms with Crippen molar-refractivity contribution >= 4 is 14.4 Å². The summed E-state index contributed by atoms with van der Waals surface area (Å²) in [5, 5.41) is 4.13. The van der Waals surface area contributed by atoms with Gasteiger partial charge in [-0.1, -0.05) is 98.7 Å². The molecule has 0 bridgehead atoms. The predicted octanol–water partition coefficient (Wildman–Crippen LogP) is 7.53. The second-order valence-corrected chi connectivity index (χ2v) is 13.3. The highest BCUT2D eigenvalue weighted by atomic mass is 28.4. The molecule has 0 radical (unpaired) electrons. The maximum atomic E-state index is 9.07. The zero-order valence-corrected chi connectivity index (χ0v) is 18.5. The Bertz CT molecular complexity index is 807. The first-order valence-electron chi connectivity index (χ1n) is 9.73. The van der Waals surface area contributed by atoms with E-state index in [9.17, 15) is 0 Å². The van der Waals surface area contributed by atoms with Crippen molar-refractivity contribution in [2.24, 2.45) is 5.11 Å². The lowest BCUT2D eigenvalue weighted by Gasteiger charge is -2.40. The minimum atomic E-state index is -1.99. The molecule has 0 fully saturated rings. The highest BCUT2D eigenvalue weighted by Gasteiger charge is 2.39. The van der Waals surface area contributed by atoms with E-state index in [1.54, 1.807) is 0 Å². The van der Waals surface area contributed by atoms with Gasteiger partial charge in [-0.2, -0.15) is 0 Å². The monoisotopic (exact) mass is 393 g/mol. The van der Waals surface area contributed by atoms with Crippen LogP contribution in [0.3, 0.4) is 0 Å². The van der Waals surface area contributed by atoms with E-state index in [0.717, 1.165) is 11.1 Å². The van der Waals surface area contributed by atoms with Gasteiger partial charge in [0.1, 0.15) is 0 Å². The van der Waals surface area contributed by atoms with Gasteiger partial charge in [0.15, 0.2) is 8.32 Å². The molecule has 0 aromatic heterocycles. The van der Waals surface area contributed by atoms with Crippen LogP contribution in [0.5, 0.6) is 0 Å². The summed E-state index contributed by atoms with van der Waals surface area (Å²) in [6.07, 6.45) is 4.48. The SMILES string of the molecule is CC(C)(C)[Si](C)(C)O[C@@H](C[C@@H](/C=C/c1ccccc1)N=[N+]=[N-])c1ccccc1. The molecule has 0 heterocycles. The Morgan fingerprint density at radius 3 is 2.14 bits per heavy atom. The van der Waals surface area contributed by atoms with E-state index < -0.39 is 8.32 Å². The molecule has 148 valence electrons. The fourth-order valence-electron chi connectivity index (χ4n) is 2.69. The largest absolute Gasteiger partial charge is 0.410 e. The second-order valence-electron chi connectivity index (χ2n) is 8.56. The Balaban J connectivity index is 2.28. The highest BCUT2D eigenvalue weighted by molar-refractivity contribution is 6.74. The third-order valence-electron chi connectivity index (χ3n) is 5.38. The smallest absolute Gasteiger partial charge is 0.192 e. The molecule has 0 N–H and O–H groups in total. The summed E-state index contributed by atoms with van der Waals surface area (Å²) in [4.78, 5) is 3.07. The Morgan fingerprint density at radius 1 is 1.04 bits per heavy atom. The van der Waals surface area contributed by atoms with Gasteiger partial charge in [-0.3, -0.25) is 0 Å². The van der Waals surface area contributed by atoms with E-state index in [4.69, 9.17) is 9.96 Å². The fourth-order valence-corrected chi connectivity index (χ4v) is 3.99. The van der Waals surface area contributed by atoms with Crippen LogP contribution in [0.25, 0.3) is 16.5 Å². The molecule has 2 aromatic rings. The summed E-state index contributed by atoms with van der Waals surface area (Å²) in [5.41, 5.74) is 11.3. The molecule has 28 heavy (non-hydrogen) atoms. The Kier molecular flexibility index (Phi) is 7.64. The van der Waals surface area contributed by atoms with Gasteiger partial charge in [-0.05, 0) is 41.2 Å². The standard InChI is InChI=1S/C23H31N3OSi/c1-23(2,3)28(4,5)27-22(20-14-10-7-11-15-20)18-21(25-26-24)17-16-19-12-8-6-9-13-19/h6-17,21-22H,18H2,1-5H3/b17-16+/t21-,22+/m1/s1. The minimum absolute atomic E-state index is 0.105. The Hall–Kier alpha value is -2.33. The van der Waals surface area contributed by atoms with Crippen molar-refractivity contribution in [2.75, 3.05) is 0 Å². The molecule has 0 saturated carbocycles. The van der Waals surface area contributed by atoms with E-state index >= 15 is 0 Å². The molecule has 2 aromatic carbocycles. The van der Waals surface area contributed by atoms with Gasteiger partial charge in [0.05, 0.1) is 12.1 Å². The maximum absolute atomic E-state index is 9.07. The zero-order chi connectivity index (χ0) is 20.6. The van der Waals surface area contributed by atoms with Gasteiger partial charge in [0, 0.05) is 4.91 Å². The molecule has 2 atom stereocenters. The number of azide groups is 1. The van der Waals surface area contributed by atoms with Crippen LogP contribution in [0, 0.1) is 0 Å². The van der Waals surface area contributed by atoms with E-state index in [1.165, 1.54) is 0 Å². The summed E-state index contributed by atoms with van der Waals surface area (Å²) in [5.74, 6) is 0. The van der Waals surface area contributed by atoms with Crippen LogP contribution in [0.4, 0.5) is 0 Å². The molecule has 0 amide bonds. The van der Waals surface area contributed by atoms with Gasteiger partial charge in [0.25, 0.3) is 0 Å². The lowest BCUT2D eigenvalue weighted by atomic mass is 10.0. The number of rotatable bonds is 8. The lowest BCUT2D eigenvalue weighted by Crippen LogP contribution is -2.42. The van der Waals surface area contributed by atoms with Crippen LogP contribution in [0.15, 0.2) is 71.9 Å². The van der Waals surface area contributed by atoms with Gasteiger partial charge >= 0.3 is 0 Å². The van der Waals surface area contributed by atoms with Crippen LogP contribution < -0.4 is 0 Å². The average Bonchev–Trinajstić information content (AvgIpc) is 2.66. The summed E-state index contributed by atoms with van der Waals surface area (Å²) >= 11 is 0. The molecule has 5 heteroatoms. The second kappa shape index (κ2) is 9.74. The van der Waals surface area contributed by atoms with Crippen molar-refractivity contribution < 1.29 is 4.43 Å². The first kappa shape index (κ1) is 22.0. The van der Waals surface area contributed by atoms with Crippen molar-refractivity contribution in [1.29, 1.82) is 0 Å². The number of hydrogen-bond acceptors (Lipinski definition) is 2. The van der Waals surface area contributed by atoms with Crippen molar-refractivity contribution in [3.8, 4) is 0 Å². The quantitative estimate of drug-likeness (QED) is 0.198. The third-order valence-corrected chi connectivity index (χ3v) is 9.87. The van der Waals surface area contributed by atoms with Gasteiger partial charge in [0.2, 0.25) is 0 Å². The van der Waals surface area contributed by atoms with Crippen molar-refractivity contribution in [2.45, 2.75) is 57.5 Å². The van der Waals surface area contributed by atoms with E-state index in [1.807, 2.05) is 60.7 Å². The molecular weight excluding hydrogens is 362 g/mol. The zero-order valence-electron chi connectivity index (χ0n) is 17.5. The molecule has 4 nitrogen and oxygen atoms in total. The topological polar surface area (TPSA) is 58.0 Å². The summed E-state index contributed by atoms with van der Waals surface area (Å²) < 4.78 is 6.74. The Morgan fingerprint density at radius 2 is 1.61 bits per heavy atom. The summed E-state index contributed by atoms with van der Waals surface area (Å²) in [7, 11) is -1.99. The van der Waals surface area contributed by atoms with E-state index in [0.29, 0.717) is 6.42 Å². The van der Waals surface area contributed by atoms with Crippen molar-refractivity contribution in [3.05, 3.63) is 88.3 Å². The van der Waals surface area contributed by atoms with E-state index in [2.05, 4.69) is 56.0 Å². The van der Waals surface area contributed by atoms with Crippen LogP contribution in [-0.4, -0.2) is 14.4 Å². The minimum Gasteiger partial charge on any atom is -0.410 e. The molecule has 0 unspecified atom stereocenters. The predicted molar refractivity (Wildman–Crippen MR) is 120 cm³/mol. The molecule has 2 rings (SSSR count). The van der Waals surface area contributed by atoms with Crippen LogP contribution in [0.2, 0.25) is 18.1 Å². The van der Waals surface area contributed by atoms with Gasteiger partial charge in [-0.15, -0.1) is 0 Å². The van der Waals surface area contributed by atoms with Crippen LogP contribution >= 0.6 is 0 Å². The Labute approximate surface area is 170 Å². The van der Waals surface area contributed by atoms with Gasteiger partial charge < -0.3 is 4.43 Å². The number of hydrogen-bond donors (Lipinski definition) is 0. The first-order valence-corrected chi connectivity index (χ1v) is 12.6. The highest BCUT2D eigenvalue weighted by Crippen LogP contribution is 2.41. The van der Waals surface area contributed by atoms with Crippen molar-refractivity contribution in [1.82, 2.24) is 0 Å². The van der Waals surface area contributed by atoms with Gasteiger partial charge in [-0.25, -0.2) is 0 Å².